The molecular weight excluding hydrogens is 171 g/mol. The highest BCUT2D eigenvalue weighted by molar-refractivity contribution is 5.95. The van der Waals surface area contributed by atoms with Gasteiger partial charge in [0.1, 0.15) is 11.5 Å². The van der Waals surface area contributed by atoms with Crippen LogP contribution in [0.15, 0.2) is 18.2 Å². The lowest BCUT2D eigenvalue weighted by atomic mass is 10.2. The quantitative estimate of drug-likeness (QED) is 0.620. The van der Waals surface area contributed by atoms with Crippen molar-refractivity contribution >= 4 is 17.2 Å². The number of fused-ring (bicyclic) bond motifs is 1. The van der Waals surface area contributed by atoms with Crippen LogP contribution in [-0.2, 0) is 7.05 Å². The van der Waals surface area contributed by atoms with Gasteiger partial charge in [-0.25, -0.2) is 4.39 Å². The fraction of sp³-hybridized carbons (Fsp3) is 0.111. The molecule has 4 heteroatoms. The molecule has 0 saturated carbocycles. The number of carbonyl (C=O) groups excluding carboxylic acids is 1. The van der Waals surface area contributed by atoms with Crippen molar-refractivity contribution < 1.29 is 9.18 Å². The number of hydrogen-bond acceptors (Lipinski definition) is 2. The fourth-order valence-corrected chi connectivity index (χ4v) is 1.33. The summed E-state index contributed by atoms with van der Waals surface area (Å²) >= 11 is 0. The summed E-state index contributed by atoms with van der Waals surface area (Å²) in [6.45, 7) is 0. The third-order valence-corrected chi connectivity index (χ3v) is 1.95. The number of aldehydes is 1. The first kappa shape index (κ1) is 7.91. The van der Waals surface area contributed by atoms with Crippen LogP contribution in [0.4, 0.5) is 4.39 Å². The Labute approximate surface area is 73.8 Å². The number of halogens is 1. The number of aryl methyl sites for hydroxylation is 1. The number of aromatic nitrogens is 2. The summed E-state index contributed by atoms with van der Waals surface area (Å²) in [5, 5.41) is 4.60. The predicted molar refractivity (Wildman–Crippen MR) is 46.1 cm³/mol. The molecule has 1 heterocycles. The van der Waals surface area contributed by atoms with E-state index in [0.29, 0.717) is 22.9 Å². The Kier molecular flexibility index (Phi) is 1.62. The molecule has 0 bridgehead atoms. The molecule has 1 aromatic heterocycles. The van der Waals surface area contributed by atoms with Gasteiger partial charge in [-0.05, 0) is 18.2 Å². The van der Waals surface area contributed by atoms with Gasteiger partial charge in [0, 0.05) is 12.4 Å². The van der Waals surface area contributed by atoms with E-state index in [1.165, 1.54) is 16.8 Å². The van der Waals surface area contributed by atoms with Crippen molar-refractivity contribution in [2.75, 3.05) is 0 Å². The maximum atomic E-state index is 12.8. The van der Waals surface area contributed by atoms with E-state index in [1.807, 2.05) is 0 Å². The zero-order chi connectivity index (χ0) is 9.42. The molecular formula is C9H7FN2O. The highest BCUT2D eigenvalue weighted by atomic mass is 19.1. The number of carbonyl (C=O) groups is 1. The van der Waals surface area contributed by atoms with Crippen molar-refractivity contribution in [2.45, 2.75) is 0 Å². The number of benzene rings is 1. The first-order valence-electron chi connectivity index (χ1n) is 3.80. The van der Waals surface area contributed by atoms with E-state index >= 15 is 0 Å². The van der Waals surface area contributed by atoms with Crippen molar-refractivity contribution in [3.63, 3.8) is 0 Å². The molecule has 0 unspecified atom stereocenters. The monoisotopic (exact) mass is 178 g/mol. The predicted octanol–water partition coefficient (Wildman–Crippen LogP) is 1.52. The van der Waals surface area contributed by atoms with Gasteiger partial charge >= 0.3 is 0 Å². The summed E-state index contributed by atoms with van der Waals surface area (Å²) in [7, 11) is 1.65. The SMILES string of the molecule is Cn1nc2ccc(F)cc2c1C=O. The number of hydrogen-bond donors (Lipinski definition) is 0. The van der Waals surface area contributed by atoms with E-state index in [-0.39, 0.29) is 5.82 Å². The van der Waals surface area contributed by atoms with Crippen LogP contribution in [0.25, 0.3) is 10.9 Å². The van der Waals surface area contributed by atoms with E-state index in [4.69, 9.17) is 0 Å². The van der Waals surface area contributed by atoms with E-state index < -0.39 is 0 Å². The molecule has 0 aliphatic rings. The van der Waals surface area contributed by atoms with Crippen molar-refractivity contribution in [3.05, 3.63) is 29.7 Å². The van der Waals surface area contributed by atoms with Gasteiger partial charge < -0.3 is 0 Å². The maximum absolute atomic E-state index is 12.8. The van der Waals surface area contributed by atoms with Crippen LogP contribution < -0.4 is 0 Å². The van der Waals surface area contributed by atoms with Gasteiger partial charge in [-0.15, -0.1) is 0 Å². The maximum Gasteiger partial charge on any atom is 0.168 e. The zero-order valence-corrected chi connectivity index (χ0v) is 6.99. The van der Waals surface area contributed by atoms with Gasteiger partial charge in [-0.1, -0.05) is 0 Å². The first-order chi connectivity index (χ1) is 6.22. The zero-order valence-electron chi connectivity index (χ0n) is 6.99. The van der Waals surface area contributed by atoms with Crippen molar-refractivity contribution in [1.29, 1.82) is 0 Å². The van der Waals surface area contributed by atoms with E-state index in [2.05, 4.69) is 5.10 Å². The molecule has 0 amide bonds. The second-order valence-corrected chi connectivity index (χ2v) is 2.79. The van der Waals surface area contributed by atoms with Crippen LogP contribution in [0, 0.1) is 5.82 Å². The van der Waals surface area contributed by atoms with Gasteiger partial charge in [-0.3, -0.25) is 9.48 Å². The van der Waals surface area contributed by atoms with E-state index in [0.717, 1.165) is 0 Å². The Hall–Kier alpha value is -1.71. The normalized spacial score (nSPS) is 10.6. The smallest absolute Gasteiger partial charge is 0.168 e. The third kappa shape index (κ3) is 1.11. The number of nitrogens with zero attached hydrogens (tertiary/aromatic N) is 2. The van der Waals surface area contributed by atoms with Gasteiger partial charge in [0.25, 0.3) is 0 Å². The topological polar surface area (TPSA) is 34.9 Å². The highest BCUT2D eigenvalue weighted by Crippen LogP contribution is 2.17. The molecule has 0 N–H and O–H groups in total. The summed E-state index contributed by atoms with van der Waals surface area (Å²) in [6, 6.07) is 4.19. The van der Waals surface area contributed by atoms with Crippen LogP contribution in [0.2, 0.25) is 0 Å². The number of rotatable bonds is 1. The summed E-state index contributed by atoms with van der Waals surface area (Å²) in [5.41, 5.74) is 1.03. The van der Waals surface area contributed by atoms with Crippen molar-refractivity contribution in [3.8, 4) is 0 Å². The molecule has 0 aliphatic carbocycles. The minimum Gasteiger partial charge on any atom is -0.296 e. The van der Waals surface area contributed by atoms with Crippen LogP contribution in [0.1, 0.15) is 10.5 Å². The average molecular weight is 178 g/mol. The summed E-state index contributed by atoms with van der Waals surface area (Å²) in [4.78, 5) is 10.6. The third-order valence-electron chi connectivity index (χ3n) is 1.95. The lowest BCUT2D eigenvalue weighted by molar-refractivity contribution is 0.111. The minimum absolute atomic E-state index is 0.358. The first-order valence-corrected chi connectivity index (χ1v) is 3.80. The summed E-state index contributed by atoms with van der Waals surface area (Å²) in [5.74, 6) is -0.358. The Morgan fingerprint density at radius 1 is 1.54 bits per heavy atom. The summed E-state index contributed by atoms with van der Waals surface area (Å²) < 4.78 is 14.3. The highest BCUT2D eigenvalue weighted by Gasteiger charge is 2.07. The standard InChI is InChI=1S/C9H7FN2O/c1-12-9(5-13)7-4-6(10)2-3-8(7)11-12/h2-5H,1H3. The molecule has 0 radical (unpaired) electrons. The van der Waals surface area contributed by atoms with Crippen molar-refractivity contribution in [2.24, 2.45) is 7.05 Å². The van der Waals surface area contributed by atoms with E-state index in [9.17, 15) is 9.18 Å². The van der Waals surface area contributed by atoms with Gasteiger partial charge in [0.2, 0.25) is 0 Å². The van der Waals surface area contributed by atoms with Crippen LogP contribution in [0.5, 0.6) is 0 Å². The molecule has 0 fully saturated rings. The minimum atomic E-state index is -0.358. The molecule has 0 atom stereocenters. The van der Waals surface area contributed by atoms with Crippen LogP contribution in [-0.4, -0.2) is 16.1 Å². The molecule has 2 aromatic rings. The van der Waals surface area contributed by atoms with Gasteiger partial charge in [-0.2, -0.15) is 5.10 Å². The molecule has 2 rings (SSSR count). The lowest BCUT2D eigenvalue weighted by Crippen LogP contribution is -1.95. The molecule has 1 aromatic carbocycles. The Morgan fingerprint density at radius 3 is 3.00 bits per heavy atom. The fourth-order valence-electron chi connectivity index (χ4n) is 1.33. The second kappa shape index (κ2) is 2.65. The van der Waals surface area contributed by atoms with Crippen LogP contribution in [0.3, 0.4) is 0 Å². The van der Waals surface area contributed by atoms with Gasteiger partial charge in [0.05, 0.1) is 5.52 Å². The molecule has 0 aliphatic heterocycles. The Morgan fingerprint density at radius 2 is 2.31 bits per heavy atom. The lowest BCUT2D eigenvalue weighted by Gasteiger charge is -1.90. The van der Waals surface area contributed by atoms with Crippen LogP contribution >= 0.6 is 0 Å². The van der Waals surface area contributed by atoms with Crippen molar-refractivity contribution in [1.82, 2.24) is 9.78 Å². The molecule has 13 heavy (non-hydrogen) atoms. The average Bonchev–Trinajstić information content (AvgIpc) is 2.40. The Balaban J connectivity index is 2.88. The Bertz CT molecular complexity index is 476. The molecule has 66 valence electrons. The molecule has 0 saturated heterocycles. The van der Waals surface area contributed by atoms with Gasteiger partial charge in [0.15, 0.2) is 6.29 Å². The summed E-state index contributed by atoms with van der Waals surface area (Å²) in [6.07, 6.45) is 0.675. The van der Waals surface area contributed by atoms with E-state index in [1.54, 1.807) is 13.1 Å². The molecule has 0 spiro atoms. The largest absolute Gasteiger partial charge is 0.296 e. The molecule has 3 nitrogen and oxygen atoms in total. The second-order valence-electron chi connectivity index (χ2n) is 2.79.